The average Bonchev–Trinajstić information content (AvgIpc) is 3.10. The van der Waals surface area contributed by atoms with E-state index in [9.17, 15) is 17.8 Å². The molecule has 1 amide bonds. The summed E-state index contributed by atoms with van der Waals surface area (Å²) in [6, 6.07) is 12.8. The van der Waals surface area contributed by atoms with Crippen LogP contribution in [0.5, 0.6) is 11.5 Å². The molecule has 0 aliphatic carbocycles. The Hall–Kier alpha value is -1.81. The zero-order valence-electron chi connectivity index (χ0n) is 31.4. The summed E-state index contributed by atoms with van der Waals surface area (Å²) >= 11 is 6.60. The molecule has 0 unspecified atom stereocenters. The first-order valence-electron chi connectivity index (χ1n) is 19.1. The second-order valence-electron chi connectivity index (χ2n) is 13.4. The van der Waals surface area contributed by atoms with Crippen LogP contribution in [0.2, 0.25) is 5.02 Å². The van der Waals surface area contributed by atoms with Crippen LogP contribution in [0.4, 0.5) is 5.69 Å². The Morgan fingerprint density at radius 3 is 1.67 bits per heavy atom. The van der Waals surface area contributed by atoms with E-state index >= 15 is 0 Å². The Kier molecular flexibility index (Phi) is 23.2. The summed E-state index contributed by atoms with van der Waals surface area (Å²) in [6.45, 7) is 5.24. The molecule has 0 aliphatic rings. The summed E-state index contributed by atoms with van der Waals surface area (Å²) in [6.07, 6.45) is 24.4. The van der Waals surface area contributed by atoms with Crippen LogP contribution in [0.15, 0.2) is 53.4 Å². The molecule has 0 spiro atoms. The van der Waals surface area contributed by atoms with E-state index in [-0.39, 0.29) is 40.8 Å². The smallest absolute Gasteiger partial charge is 0.744 e. The molecule has 0 saturated carbocycles. The van der Waals surface area contributed by atoms with Gasteiger partial charge in [-0.1, -0.05) is 165 Å². The van der Waals surface area contributed by atoms with Crippen molar-refractivity contribution in [3.05, 3.63) is 59.1 Å². The Balaban J connectivity index is 0.00000901. The van der Waals surface area contributed by atoms with Gasteiger partial charge < -0.3 is 19.3 Å². The van der Waals surface area contributed by atoms with Crippen LogP contribution in [0.1, 0.15) is 153 Å². The number of unbranched alkanes of at least 4 members (excludes halogenated alkanes) is 18. The molecule has 278 valence electrons. The maximum absolute atomic E-state index is 13.8. The Labute approximate surface area is 335 Å². The third kappa shape index (κ3) is 16.8. The number of amides is 1. The fourth-order valence-electron chi connectivity index (χ4n) is 6.24. The van der Waals surface area contributed by atoms with Gasteiger partial charge in [-0.25, -0.2) is 8.42 Å². The van der Waals surface area contributed by atoms with E-state index in [2.05, 4.69) is 19.2 Å². The number of halogens is 1. The van der Waals surface area contributed by atoms with Gasteiger partial charge in [-0.3, -0.25) is 4.79 Å². The van der Waals surface area contributed by atoms with E-state index in [0.717, 1.165) is 56.4 Å². The van der Waals surface area contributed by atoms with E-state index in [1.807, 2.05) is 24.3 Å². The molecule has 0 atom stereocenters. The number of hydrogen-bond acceptors (Lipinski definition) is 6. The van der Waals surface area contributed by atoms with E-state index < -0.39 is 20.9 Å². The summed E-state index contributed by atoms with van der Waals surface area (Å²) in [5.41, 5.74) is 0.310. The SMILES string of the molecule is CCCCCCCCCCCCCCCCCCOc1ccc(S(=O)(=O)[O-])cc1NC(=O)c1cc(Cl)c2ccccc2c1OCCCCCC.[Na+]. The number of ether oxygens (including phenoxy) is 2. The molecule has 0 heterocycles. The number of fused-ring (bicyclic) bond motifs is 1. The summed E-state index contributed by atoms with van der Waals surface area (Å²) in [7, 11) is -4.76. The first kappa shape index (κ1) is 45.3. The fourth-order valence-corrected chi connectivity index (χ4v) is 7.01. The van der Waals surface area contributed by atoms with Gasteiger partial charge in [0, 0.05) is 15.8 Å². The van der Waals surface area contributed by atoms with Crippen LogP contribution in [0.25, 0.3) is 10.8 Å². The predicted molar refractivity (Wildman–Crippen MR) is 206 cm³/mol. The number of benzene rings is 3. The molecule has 3 aromatic carbocycles. The molecule has 0 saturated heterocycles. The molecule has 0 aromatic heterocycles. The monoisotopic (exact) mass is 751 g/mol. The largest absolute Gasteiger partial charge is 1.00 e. The van der Waals surface area contributed by atoms with Gasteiger partial charge in [-0.2, -0.15) is 0 Å². The summed E-state index contributed by atoms with van der Waals surface area (Å²) in [4.78, 5) is 13.3. The number of carbonyl (C=O) groups is 1. The third-order valence-corrected chi connectivity index (χ3v) is 10.3. The fraction of sp³-hybridized carbons (Fsp3) is 0.585. The van der Waals surface area contributed by atoms with Crippen molar-refractivity contribution in [3.63, 3.8) is 0 Å². The van der Waals surface area contributed by atoms with Crippen molar-refractivity contribution < 1.29 is 56.8 Å². The van der Waals surface area contributed by atoms with Crippen molar-refractivity contribution >= 4 is 44.1 Å². The molecule has 0 aliphatic heterocycles. The van der Waals surface area contributed by atoms with Crippen LogP contribution < -0.4 is 44.3 Å². The van der Waals surface area contributed by atoms with Gasteiger partial charge in [-0.15, -0.1) is 0 Å². The van der Waals surface area contributed by atoms with E-state index in [1.165, 1.54) is 95.6 Å². The summed E-state index contributed by atoms with van der Waals surface area (Å²) in [5, 5.41) is 4.64. The zero-order valence-corrected chi connectivity index (χ0v) is 35.0. The molecule has 0 bridgehead atoms. The number of carbonyl (C=O) groups excluding carboxylic acids is 1. The maximum atomic E-state index is 13.8. The van der Waals surface area contributed by atoms with E-state index in [1.54, 1.807) is 6.07 Å². The van der Waals surface area contributed by atoms with Crippen molar-refractivity contribution in [2.45, 2.75) is 147 Å². The van der Waals surface area contributed by atoms with Gasteiger partial charge in [0.15, 0.2) is 0 Å². The van der Waals surface area contributed by atoms with Gasteiger partial charge in [0.05, 0.1) is 29.4 Å². The minimum absolute atomic E-state index is 0. The Bertz CT molecular complexity index is 1550. The number of hydrogen-bond donors (Lipinski definition) is 1. The Morgan fingerprint density at radius 2 is 1.14 bits per heavy atom. The molecular formula is C41H59ClNNaO6S. The topological polar surface area (TPSA) is 105 Å². The first-order chi connectivity index (χ1) is 24.3. The standard InChI is InChI=1S/C41H60ClNO6S.Na/c1-3-5-7-9-10-11-12-13-14-15-16-17-18-19-20-24-29-48-39-28-27-33(50(45,46)47)31-38(39)43-41(44)36-32-37(42)34-25-21-22-26-35(34)40(36)49-30-23-8-6-4-2;/h21-22,25-28,31-32H,3-20,23-24,29-30H2,1-2H3,(H,43,44)(H,45,46,47);/q;+1/p-1. The molecule has 3 rings (SSSR count). The van der Waals surface area contributed by atoms with E-state index in [0.29, 0.717) is 35.1 Å². The van der Waals surface area contributed by atoms with Gasteiger partial charge >= 0.3 is 29.6 Å². The second kappa shape index (κ2) is 26.0. The van der Waals surface area contributed by atoms with Gasteiger partial charge in [0.25, 0.3) is 5.91 Å². The molecule has 51 heavy (non-hydrogen) atoms. The summed E-state index contributed by atoms with van der Waals surface area (Å²) < 4.78 is 47.8. The molecule has 7 nitrogen and oxygen atoms in total. The molecule has 0 radical (unpaired) electrons. The molecule has 3 aromatic rings. The minimum Gasteiger partial charge on any atom is -0.744 e. The van der Waals surface area contributed by atoms with Gasteiger partial charge in [-0.05, 0) is 37.1 Å². The number of nitrogens with one attached hydrogen (secondary N) is 1. The van der Waals surface area contributed by atoms with Crippen molar-refractivity contribution in [1.82, 2.24) is 0 Å². The van der Waals surface area contributed by atoms with Crippen LogP contribution in [0.3, 0.4) is 0 Å². The molecule has 0 fully saturated rings. The predicted octanol–water partition coefficient (Wildman–Crippen LogP) is 9.25. The molecule has 1 N–H and O–H groups in total. The van der Waals surface area contributed by atoms with Gasteiger partial charge in [0.1, 0.15) is 21.6 Å². The van der Waals surface area contributed by atoms with Crippen LogP contribution in [0, 0.1) is 0 Å². The van der Waals surface area contributed by atoms with Gasteiger partial charge in [0.2, 0.25) is 0 Å². The van der Waals surface area contributed by atoms with Crippen LogP contribution in [-0.4, -0.2) is 32.1 Å². The Morgan fingerprint density at radius 1 is 0.667 bits per heavy atom. The number of anilines is 1. The van der Waals surface area contributed by atoms with Crippen LogP contribution in [-0.2, 0) is 10.1 Å². The molecular weight excluding hydrogens is 693 g/mol. The molecule has 10 heteroatoms. The maximum Gasteiger partial charge on any atom is 1.00 e. The van der Waals surface area contributed by atoms with Crippen molar-refractivity contribution in [1.29, 1.82) is 0 Å². The van der Waals surface area contributed by atoms with E-state index in [4.69, 9.17) is 21.1 Å². The van der Waals surface area contributed by atoms with Crippen molar-refractivity contribution in [2.75, 3.05) is 18.5 Å². The number of rotatable bonds is 27. The van der Waals surface area contributed by atoms with Crippen LogP contribution >= 0.6 is 11.6 Å². The normalized spacial score (nSPS) is 11.4. The second-order valence-corrected chi connectivity index (χ2v) is 15.2. The summed E-state index contributed by atoms with van der Waals surface area (Å²) in [5.74, 6) is 0.150. The quantitative estimate of drug-likeness (QED) is 0.0473. The van der Waals surface area contributed by atoms with Crippen molar-refractivity contribution in [2.24, 2.45) is 0 Å². The third-order valence-electron chi connectivity index (χ3n) is 9.18. The minimum atomic E-state index is -4.76. The average molecular weight is 752 g/mol. The zero-order chi connectivity index (χ0) is 36.0. The first-order valence-corrected chi connectivity index (χ1v) is 20.9. The van der Waals surface area contributed by atoms with Crippen molar-refractivity contribution in [3.8, 4) is 11.5 Å².